The van der Waals surface area contributed by atoms with Gasteiger partial charge in [0.05, 0.1) is 36.7 Å². The number of aromatic nitrogens is 2. The van der Waals surface area contributed by atoms with Crippen LogP contribution in [0.25, 0.3) is 11.0 Å². The molecule has 5 rings (SSSR count). The maximum atomic E-state index is 9.44. The van der Waals surface area contributed by atoms with E-state index in [1.165, 1.54) is 12.8 Å². The van der Waals surface area contributed by atoms with Crippen LogP contribution in [0.4, 0.5) is 5.69 Å². The van der Waals surface area contributed by atoms with Gasteiger partial charge in [0.1, 0.15) is 17.1 Å². The van der Waals surface area contributed by atoms with Gasteiger partial charge in [-0.2, -0.15) is 5.26 Å². The molecule has 0 unspecified atom stereocenters. The molecule has 3 aliphatic heterocycles. The molecule has 0 bridgehead atoms. The predicted molar refractivity (Wildman–Crippen MR) is 123 cm³/mol. The lowest BCUT2D eigenvalue weighted by Crippen LogP contribution is -2.53. The monoisotopic (exact) mass is 436 g/mol. The molecule has 0 amide bonds. The highest BCUT2D eigenvalue weighted by molar-refractivity contribution is 5.92. The van der Waals surface area contributed by atoms with Crippen molar-refractivity contribution in [2.24, 2.45) is 0 Å². The van der Waals surface area contributed by atoms with Crippen LogP contribution in [0.5, 0.6) is 0 Å². The summed E-state index contributed by atoms with van der Waals surface area (Å²) in [5, 5.41) is 9.44. The van der Waals surface area contributed by atoms with E-state index in [1.807, 2.05) is 12.1 Å². The van der Waals surface area contributed by atoms with Crippen molar-refractivity contribution < 1.29 is 9.47 Å². The van der Waals surface area contributed by atoms with Crippen molar-refractivity contribution in [3.8, 4) is 6.07 Å². The molecule has 0 saturated carbocycles. The fourth-order valence-corrected chi connectivity index (χ4v) is 5.43. The van der Waals surface area contributed by atoms with Crippen LogP contribution < -0.4 is 4.90 Å². The molecule has 0 radical (unpaired) electrons. The fraction of sp³-hybridized carbons (Fsp3) is 0.625. The third kappa shape index (κ3) is 4.57. The van der Waals surface area contributed by atoms with Crippen molar-refractivity contribution in [1.82, 2.24) is 19.8 Å². The number of ether oxygens (including phenoxy) is 2. The van der Waals surface area contributed by atoms with Gasteiger partial charge in [-0.3, -0.25) is 14.9 Å². The Morgan fingerprint density at radius 1 is 1.03 bits per heavy atom. The van der Waals surface area contributed by atoms with Gasteiger partial charge >= 0.3 is 0 Å². The number of nitriles is 1. The molecular formula is C24H32N6O2. The summed E-state index contributed by atoms with van der Waals surface area (Å²) in [5.41, 5.74) is 3.08. The summed E-state index contributed by atoms with van der Waals surface area (Å²) in [6.07, 6.45) is 6.09. The van der Waals surface area contributed by atoms with Gasteiger partial charge in [0.25, 0.3) is 0 Å². The first-order chi connectivity index (χ1) is 15.7. The summed E-state index contributed by atoms with van der Waals surface area (Å²) in [7, 11) is 0. The maximum absolute atomic E-state index is 9.44. The summed E-state index contributed by atoms with van der Waals surface area (Å²) < 4.78 is 11.9. The highest BCUT2D eigenvalue weighted by atomic mass is 16.5. The topological polar surface area (TPSA) is 77.8 Å². The van der Waals surface area contributed by atoms with Gasteiger partial charge in [-0.25, -0.2) is 0 Å². The average Bonchev–Trinajstić information content (AvgIpc) is 2.84. The molecule has 2 aromatic rings. The highest BCUT2D eigenvalue weighted by Crippen LogP contribution is 2.29. The number of likely N-dealkylation sites (tertiary alicyclic amines) is 1. The molecule has 0 aliphatic carbocycles. The van der Waals surface area contributed by atoms with Gasteiger partial charge in [0.2, 0.25) is 0 Å². The van der Waals surface area contributed by atoms with Crippen molar-refractivity contribution >= 4 is 16.7 Å². The smallest absolute Gasteiger partial charge is 0.113 e. The number of anilines is 1. The lowest BCUT2D eigenvalue weighted by atomic mass is 10.0. The normalized spacial score (nSPS) is 26.3. The number of hydrogen-bond donors (Lipinski definition) is 0. The van der Waals surface area contributed by atoms with Crippen LogP contribution in [0.2, 0.25) is 0 Å². The maximum Gasteiger partial charge on any atom is 0.113 e. The molecule has 8 heteroatoms. The SMILES string of the molecule is C[C@@H]1CN(c2ccc(C#N)c3nccnc23)C[C@H](CN2CCC(N3CCOCC3)CC2)O1. The standard InChI is InChI=1S/C24H32N6O2/c1-18-15-30(22-3-2-19(14-25)23-24(22)27-7-6-26-23)17-21(32-18)16-28-8-4-20(5-9-28)29-10-12-31-13-11-29/h2-3,6-7,18,20-21H,4-5,8-13,15-17H2,1H3/t18-,21+/m1/s1. The number of fused-ring (bicyclic) bond motifs is 1. The molecule has 3 aliphatic rings. The second-order valence-electron chi connectivity index (χ2n) is 9.15. The van der Waals surface area contributed by atoms with Crippen molar-refractivity contribution in [2.75, 3.05) is 63.9 Å². The Balaban J connectivity index is 1.24. The predicted octanol–water partition coefficient (Wildman–Crippen LogP) is 1.89. The highest BCUT2D eigenvalue weighted by Gasteiger charge is 2.31. The molecule has 32 heavy (non-hydrogen) atoms. The average molecular weight is 437 g/mol. The molecule has 4 heterocycles. The molecule has 8 nitrogen and oxygen atoms in total. The largest absolute Gasteiger partial charge is 0.379 e. The summed E-state index contributed by atoms with van der Waals surface area (Å²) >= 11 is 0. The Kier molecular flexibility index (Phi) is 6.51. The Morgan fingerprint density at radius 3 is 2.53 bits per heavy atom. The molecule has 3 fully saturated rings. The van der Waals surface area contributed by atoms with E-state index >= 15 is 0 Å². The lowest BCUT2D eigenvalue weighted by Gasteiger charge is -2.43. The Bertz CT molecular complexity index is 965. The van der Waals surface area contributed by atoms with Crippen LogP contribution in [-0.4, -0.2) is 97.0 Å². The van der Waals surface area contributed by atoms with Gasteiger partial charge in [0, 0.05) is 51.2 Å². The van der Waals surface area contributed by atoms with Crippen LogP contribution in [0.3, 0.4) is 0 Å². The first-order valence-corrected chi connectivity index (χ1v) is 11.8. The molecule has 3 saturated heterocycles. The number of rotatable bonds is 4. The third-order valence-electron chi connectivity index (χ3n) is 6.97. The minimum absolute atomic E-state index is 0.141. The second kappa shape index (κ2) is 9.67. The van der Waals surface area contributed by atoms with E-state index in [1.54, 1.807) is 12.4 Å². The minimum atomic E-state index is 0.141. The molecule has 0 spiro atoms. The minimum Gasteiger partial charge on any atom is -0.379 e. The molecule has 170 valence electrons. The Labute approximate surface area is 189 Å². The van der Waals surface area contributed by atoms with Crippen molar-refractivity contribution in [3.05, 3.63) is 30.1 Å². The number of morpholine rings is 2. The van der Waals surface area contributed by atoms with Crippen LogP contribution in [0.15, 0.2) is 24.5 Å². The number of piperidine rings is 1. The van der Waals surface area contributed by atoms with Gasteiger partial charge < -0.3 is 19.3 Å². The van der Waals surface area contributed by atoms with Crippen LogP contribution in [0, 0.1) is 11.3 Å². The first-order valence-electron chi connectivity index (χ1n) is 11.8. The van der Waals surface area contributed by atoms with Gasteiger partial charge in [-0.15, -0.1) is 0 Å². The van der Waals surface area contributed by atoms with Crippen molar-refractivity contribution in [3.63, 3.8) is 0 Å². The summed E-state index contributed by atoms with van der Waals surface area (Å²) in [5.74, 6) is 0. The lowest BCUT2D eigenvalue weighted by molar-refractivity contribution is -0.0418. The molecule has 1 aromatic carbocycles. The van der Waals surface area contributed by atoms with E-state index in [9.17, 15) is 5.26 Å². The fourth-order valence-electron chi connectivity index (χ4n) is 5.43. The van der Waals surface area contributed by atoms with E-state index in [2.05, 4.69) is 37.7 Å². The van der Waals surface area contributed by atoms with Crippen molar-refractivity contribution in [2.45, 2.75) is 38.0 Å². The Hall–Kier alpha value is -2.31. The molecular weight excluding hydrogens is 404 g/mol. The third-order valence-corrected chi connectivity index (χ3v) is 6.97. The van der Waals surface area contributed by atoms with E-state index < -0.39 is 0 Å². The summed E-state index contributed by atoms with van der Waals surface area (Å²) in [6, 6.07) is 6.80. The molecule has 2 atom stereocenters. The van der Waals surface area contributed by atoms with Gasteiger partial charge in [0.15, 0.2) is 0 Å². The van der Waals surface area contributed by atoms with Crippen LogP contribution >= 0.6 is 0 Å². The zero-order valence-electron chi connectivity index (χ0n) is 18.8. The summed E-state index contributed by atoms with van der Waals surface area (Å²) in [4.78, 5) is 16.5. The zero-order valence-corrected chi connectivity index (χ0v) is 18.8. The first kappa shape index (κ1) is 21.5. The molecule has 0 N–H and O–H groups in total. The zero-order chi connectivity index (χ0) is 21.9. The number of hydrogen-bond acceptors (Lipinski definition) is 8. The van der Waals surface area contributed by atoms with E-state index in [0.717, 1.165) is 70.2 Å². The number of nitrogens with zero attached hydrogens (tertiary/aromatic N) is 6. The Morgan fingerprint density at radius 2 is 1.78 bits per heavy atom. The van der Waals surface area contributed by atoms with Gasteiger partial charge in [-0.1, -0.05) is 0 Å². The van der Waals surface area contributed by atoms with Crippen molar-refractivity contribution in [1.29, 1.82) is 5.26 Å². The van der Waals surface area contributed by atoms with E-state index in [0.29, 0.717) is 17.1 Å². The van der Waals surface area contributed by atoms with Crippen LogP contribution in [-0.2, 0) is 9.47 Å². The van der Waals surface area contributed by atoms with Crippen LogP contribution in [0.1, 0.15) is 25.3 Å². The van der Waals surface area contributed by atoms with E-state index in [4.69, 9.17) is 9.47 Å². The second-order valence-corrected chi connectivity index (χ2v) is 9.15. The quantitative estimate of drug-likeness (QED) is 0.719. The van der Waals surface area contributed by atoms with Gasteiger partial charge in [-0.05, 0) is 45.0 Å². The number of benzene rings is 1. The molecule has 1 aromatic heterocycles. The van der Waals surface area contributed by atoms with E-state index in [-0.39, 0.29) is 12.2 Å². The summed E-state index contributed by atoms with van der Waals surface area (Å²) in [6.45, 7) is 10.9.